The molecule has 1 unspecified atom stereocenters. The Labute approximate surface area is 135 Å². The number of nitrogens with zero attached hydrogens (tertiary/aromatic N) is 1. The molecule has 1 rings (SSSR count). The minimum absolute atomic E-state index is 0.0111. The predicted molar refractivity (Wildman–Crippen MR) is 83.6 cm³/mol. The maximum Gasteiger partial charge on any atom is 0.255 e. The molecule has 7 nitrogen and oxygen atoms in total. The summed E-state index contributed by atoms with van der Waals surface area (Å²) >= 11 is 5.49. The van der Waals surface area contributed by atoms with Gasteiger partial charge >= 0.3 is 0 Å². The van der Waals surface area contributed by atoms with Gasteiger partial charge in [0.05, 0.1) is 12.6 Å². The van der Waals surface area contributed by atoms with E-state index in [1.807, 2.05) is 0 Å². The fourth-order valence-electron chi connectivity index (χ4n) is 2.64. The van der Waals surface area contributed by atoms with E-state index in [1.54, 1.807) is 0 Å². The highest BCUT2D eigenvalue weighted by molar-refractivity contribution is 6.27. The number of primary amides is 1. The van der Waals surface area contributed by atoms with Crippen molar-refractivity contribution in [3.63, 3.8) is 0 Å². The molecule has 1 aliphatic rings. The number of rotatable bonds is 7. The average molecular weight is 333 g/mol. The van der Waals surface area contributed by atoms with Gasteiger partial charge in [-0.15, -0.1) is 11.6 Å². The van der Waals surface area contributed by atoms with Gasteiger partial charge in [-0.25, -0.2) is 0 Å². The molecular weight excluding hydrogens is 308 g/mol. The van der Waals surface area contributed by atoms with Gasteiger partial charge in [0.2, 0.25) is 5.91 Å². The number of nitrogens with one attached hydrogen (secondary N) is 1. The van der Waals surface area contributed by atoms with Gasteiger partial charge in [-0.2, -0.15) is 0 Å². The zero-order chi connectivity index (χ0) is 16.5. The second kappa shape index (κ2) is 9.63. The molecule has 1 fully saturated rings. The predicted octanol–water partition coefficient (Wildman–Crippen LogP) is 0.258. The quantitative estimate of drug-likeness (QED) is 0.457. The van der Waals surface area contributed by atoms with Crippen LogP contribution in [0.1, 0.15) is 44.9 Å². The zero-order valence-electron chi connectivity index (χ0n) is 12.7. The minimum Gasteiger partial charge on any atom is -0.370 e. The van der Waals surface area contributed by atoms with Crippen LogP contribution in [0.5, 0.6) is 0 Å². The molecule has 0 aliphatic heterocycles. The van der Waals surface area contributed by atoms with E-state index in [-0.39, 0.29) is 18.8 Å². The summed E-state index contributed by atoms with van der Waals surface area (Å²) in [7, 11) is 0. The summed E-state index contributed by atoms with van der Waals surface area (Å²) < 4.78 is 0. The molecule has 3 amide bonds. The molecule has 8 heteroatoms. The highest BCUT2D eigenvalue weighted by Crippen LogP contribution is 2.26. The summed E-state index contributed by atoms with van der Waals surface area (Å²) in [5.41, 5.74) is 13.4. The lowest BCUT2D eigenvalue weighted by molar-refractivity contribution is -0.140. The number of nitrogens with two attached hydrogens (primary N) is 2. The number of alkyl halides is 1. The molecule has 22 heavy (non-hydrogen) atoms. The van der Waals surface area contributed by atoms with E-state index in [1.165, 1.54) is 19.3 Å². The summed E-state index contributed by atoms with van der Waals surface area (Å²) in [6.45, 7) is -0.0111. The van der Waals surface area contributed by atoms with Crippen molar-refractivity contribution in [1.29, 1.82) is 0 Å². The molecular formula is C14H25ClN4O3. The first-order valence-electron chi connectivity index (χ1n) is 7.64. The van der Waals surface area contributed by atoms with Crippen molar-refractivity contribution in [3.8, 4) is 0 Å². The van der Waals surface area contributed by atoms with E-state index in [9.17, 15) is 14.4 Å². The van der Waals surface area contributed by atoms with Gasteiger partial charge < -0.3 is 11.5 Å². The molecule has 0 bridgehead atoms. The lowest BCUT2D eigenvalue weighted by atomic mass is 9.85. The largest absolute Gasteiger partial charge is 0.370 e. The highest BCUT2D eigenvalue weighted by atomic mass is 35.5. The topological polar surface area (TPSA) is 119 Å². The molecule has 1 atom stereocenters. The van der Waals surface area contributed by atoms with Crippen LogP contribution in [-0.4, -0.2) is 41.2 Å². The lowest BCUT2D eigenvalue weighted by Crippen LogP contribution is -2.53. The van der Waals surface area contributed by atoms with Crippen molar-refractivity contribution in [1.82, 2.24) is 10.4 Å². The summed E-state index contributed by atoms with van der Waals surface area (Å²) in [6, 6.07) is -0.678. The maximum absolute atomic E-state index is 12.1. The molecule has 5 N–H and O–H groups in total. The van der Waals surface area contributed by atoms with Crippen LogP contribution in [0.3, 0.4) is 0 Å². The highest BCUT2D eigenvalue weighted by Gasteiger charge is 2.24. The molecule has 1 aliphatic carbocycles. The standard InChI is InChI=1S/C14H25ClN4O3/c15-9-13(21)19(7-6-12(17)20)18-14(22)11(16)8-10-4-2-1-3-5-10/h10-11H,1-9,16H2,(H2,17,20)(H,18,22). The number of hydrogen-bond donors (Lipinski definition) is 3. The van der Waals surface area contributed by atoms with Crippen LogP contribution in [0.2, 0.25) is 0 Å². The molecule has 126 valence electrons. The zero-order valence-corrected chi connectivity index (χ0v) is 13.5. The molecule has 0 radical (unpaired) electrons. The van der Waals surface area contributed by atoms with Crippen molar-refractivity contribution in [3.05, 3.63) is 0 Å². The Morgan fingerprint density at radius 2 is 1.86 bits per heavy atom. The SMILES string of the molecule is NC(=O)CCN(NC(=O)C(N)CC1CCCCC1)C(=O)CCl. The van der Waals surface area contributed by atoms with Gasteiger partial charge in [0.1, 0.15) is 5.88 Å². The minimum atomic E-state index is -0.678. The third kappa shape index (κ3) is 6.62. The molecule has 0 spiro atoms. The van der Waals surface area contributed by atoms with Gasteiger partial charge in [0.15, 0.2) is 0 Å². The van der Waals surface area contributed by atoms with Crippen LogP contribution in [0.4, 0.5) is 0 Å². The van der Waals surface area contributed by atoms with E-state index in [0.29, 0.717) is 12.3 Å². The van der Waals surface area contributed by atoms with Gasteiger partial charge in [0.25, 0.3) is 11.8 Å². The second-order valence-electron chi connectivity index (χ2n) is 5.72. The van der Waals surface area contributed by atoms with Crippen LogP contribution in [0.15, 0.2) is 0 Å². The van der Waals surface area contributed by atoms with Crippen LogP contribution in [0, 0.1) is 5.92 Å². The number of halogens is 1. The van der Waals surface area contributed by atoms with Crippen molar-refractivity contribution < 1.29 is 14.4 Å². The Balaban J connectivity index is 2.49. The van der Waals surface area contributed by atoms with E-state index >= 15 is 0 Å². The number of hydrazine groups is 1. The van der Waals surface area contributed by atoms with Gasteiger partial charge in [-0.1, -0.05) is 32.1 Å². The average Bonchev–Trinajstić information content (AvgIpc) is 2.51. The second-order valence-corrected chi connectivity index (χ2v) is 5.98. The van der Waals surface area contributed by atoms with E-state index in [0.717, 1.165) is 17.9 Å². The third-order valence-corrected chi connectivity index (χ3v) is 4.12. The Hall–Kier alpha value is -1.34. The van der Waals surface area contributed by atoms with Gasteiger partial charge in [-0.05, 0) is 12.3 Å². The normalized spacial score (nSPS) is 16.8. The van der Waals surface area contributed by atoms with E-state index in [4.69, 9.17) is 23.1 Å². The first kappa shape index (κ1) is 18.7. The Morgan fingerprint density at radius 3 is 2.41 bits per heavy atom. The molecule has 0 aromatic carbocycles. The first-order valence-corrected chi connectivity index (χ1v) is 8.18. The first-order chi connectivity index (χ1) is 10.4. The molecule has 0 aromatic heterocycles. The van der Waals surface area contributed by atoms with Crippen molar-refractivity contribution in [2.75, 3.05) is 12.4 Å². The number of carbonyl (C=O) groups excluding carboxylic acids is 3. The molecule has 0 aromatic rings. The van der Waals surface area contributed by atoms with Gasteiger partial charge in [0, 0.05) is 6.42 Å². The van der Waals surface area contributed by atoms with E-state index < -0.39 is 23.8 Å². The number of amides is 3. The number of carbonyl (C=O) groups is 3. The summed E-state index contributed by atoms with van der Waals surface area (Å²) in [4.78, 5) is 34.6. The smallest absolute Gasteiger partial charge is 0.255 e. The molecule has 0 heterocycles. The lowest BCUT2D eigenvalue weighted by Gasteiger charge is -2.27. The van der Waals surface area contributed by atoms with Crippen LogP contribution < -0.4 is 16.9 Å². The van der Waals surface area contributed by atoms with Gasteiger partial charge in [-0.3, -0.25) is 24.8 Å². The Kier molecular flexibility index (Phi) is 8.19. The third-order valence-electron chi connectivity index (χ3n) is 3.89. The fourth-order valence-corrected chi connectivity index (χ4v) is 2.79. The monoisotopic (exact) mass is 332 g/mol. The summed E-state index contributed by atoms with van der Waals surface area (Å²) in [6.07, 6.45) is 6.32. The molecule has 0 saturated heterocycles. The van der Waals surface area contributed by atoms with Crippen molar-refractivity contribution in [2.45, 2.75) is 51.0 Å². The molecule has 1 saturated carbocycles. The Bertz CT molecular complexity index is 400. The summed E-state index contributed by atoms with van der Waals surface area (Å²) in [5, 5.41) is 1.01. The summed E-state index contributed by atoms with van der Waals surface area (Å²) in [5.74, 6) is -1.34. The van der Waals surface area contributed by atoms with Crippen LogP contribution in [0.25, 0.3) is 0 Å². The fraction of sp³-hybridized carbons (Fsp3) is 0.786. The Morgan fingerprint density at radius 1 is 1.23 bits per heavy atom. The number of hydrogen-bond acceptors (Lipinski definition) is 4. The van der Waals surface area contributed by atoms with E-state index in [2.05, 4.69) is 5.43 Å². The van der Waals surface area contributed by atoms with Crippen molar-refractivity contribution in [2.24, 2.45) is 17.4 Å². The van der Waals surface area contributed by atoms with Crippen LogP contribution in [-0.2, 0) is 14.4 Å². The maximum atomic E-state index is 12.1. The van der Waals surface area contributed by atoms with Crippen molar-refractivity contribution >= 4 is 29.3 Å². The van der Waals surface area contributed by atoms with Crippen LogP contribution >= 0.6 is 11.6 Å².